The Morgan fingerprint density at radius 3 is 2.91 bits per heavy atom. The molecule has 2 aliphatic rings. The zero-order valence-electron chi connectivity index (χ0n) is 13.4. The van der Waals surface area contributed by atoms with Crippen LogP contribution in [0.4, 0.5) is 4.39 Å². The summed E-state index contributed by atoms with van der Waals surface area (Å²) < 4.78 is 18.8. The van der Waals surface area contributed by atoms with Crippen LogP contribution in [-0.4, -0.2) is 42.3 Å². The minimum atomic E-state index is -0.219. The maximum Gasteiger partial charge on any atom is 0.167 e. The molecule has 0 amide bonds. The third-order valence-corrected chi connectivity index (χ3v) is 5.39. The highest BCUT2D eigenvalue weighted by Crippen LogP contribution is 2.32. The quantitative estimate of drug-likeness (QED) is 0.939. The van der Waals surface area contributed by atoms with Gasteiger partial charge in [0.05, 0.1) is 5.69 Å². The van der Waals surface area contributed by atoms with Crippen molar-refractivity contribution in [3.63, 3.8) is 0 Å². The van der Waals surface area contributed by atoms with Crippen molar-refractivity contribution in [2.75, 3.05) is 26.2 Å². The highest BCUT2D eigenvalue weighted by molar-refractivity contribution is 5.79. The predicted octanol–water partition coefficient (Wildman–Crippen LogP) is 3.29. The smallest absolute Gasteiger partial charge is 0.167 e. The van der Waals surface area contributed by atoms with Crippen molar-refractivity contribution < 1.29 is 8.91 Å². The molecule has 1 aromatic heterocycles. The molecule has 4 rings (SSSR count). The van der Waals surface area contributed by atoms with Crippen LogP contribution in [-0.2, 0) is 0 Å². The summed E-state index contributed by atoms with van der Waals surface area (Å²) >= 11 is 0. The lowest BCUT2D eigenvalue weighted by Gasteiger charge is -2.31. The summed E-state index contributed by atoms with van der Waals surface area (Å²) in [6.07, 6.45) is 6.06. The van der Waals surface area contributed by atoms with Gasteiger partial charge in [0.2, 0.25) is 0 Å². The van der Waals surface area contributed by atoms with Crippen molar-refractivity contribution in [2.24, 2.45) is 0 Å². The Labute approximate surface area is 136 Å². The number of piperidine rings is 1. The molecule has 4 nitrogen and oxygen atoms in total. The SMILES string of the molecule is Fc1ccc2onc(C3CCN(CC[C@@H]4CCCN4)CC3)c2c1. The fourth-order valence-electron chi connectivity index (χ4n) is 4.00. The first kappa shape index (κ1) is 15.1. The number of likely N-dealkylation sites (tertiary alicyclic amines) is 1. The predicted molar refractivity (Wildman–Crippen MR) is 88.0 cm³/mol. The molecule has 1 aromatic carbocycles. The molecule has 2 fully saturated rings. The van der Waals surface area contributed by atoms with E-state index in [1.54, 1.807) is 12.1 Å². The number of benzene rings is 1. The van der Waals surface area contributed by atoms with Crippen molar-refractivity contribution in [3.05, 3.63) is 29.7 Å². The van der Waals surface area contributed by atoms with Gasteiger partial charge in [-0.05, 0) is 76.5 Å². The van der Waals surface area contributed by atoms with E-state index in [2.05, 4.69) is 15.4 Å². The minimum absolute atomic E-state index is 0.219. The summed E-state index contributed by atoms with van der Waals surface area (Å²) in [6, 6.07) is 5.37. The zero-order valence-corrected chi connectivity index (χ0v) is 13.4. The van der Waals surface area contributed by atoms with E-state index in [0.29, 0.717) is 11.5 Å². The first-order chi connectivity index (χ1) is 11.3. The molecule has 1 N–H and O–H groups in total. The molecule has 0 saturated carbocycles. The fourth-order valence-corrected chi connectivity index (χ4v) is 4.00. The lowest BCUT2D eigenvalue weighted by molar-refractivity contribution is 0.201. The summed E-state index contributed by atoms with van der Waals surface area (Å²) in [4.78, 5) is 2.55. The van der Waals surface area contributed by atoms with Gasteiger partial charge in [0.15, 0.2) is 5.58 Å². The Kier molecular flexibility index (Phi) is 4.31. The molecule has 2 aliphatic heterocycles. The van der Waals surface area contributed by atoms with Gasteiger partial charge in [0.25, 0.3) is 0 Å². The van der Waals surface area contributed by atoms with Gasteiger partial charge in [-0.2, -0.15) is 0 Å². The summed E-state index contributed by atoms with van der Waals surface area (Å²) in [5.74, 6) is 0.169. The molecular weight excluding hydrogens is 293 g/mol. The second kappa shape index (κ2) is 6.57. The van der Waals surface area contributed by atoms with Crippen molar-refractivity contribution in [1.82, 2.24) is 15.4 Å². The topological polar surface area (TPSA) is 41.3 Å². The van der Waals surface area contributed by atoms with Crippen molar-refractivity contribution in [1.29, 1.82) is 0 Å². The van der Waals surface area contributed by atoms with Crippen LogP contribution in [0.5, 0.6) is 0 Å². The van der Waals surface area contributed by atoms with Gasteiger partial charge in [-0.25, -0.2) is 4.39 Å². The number of hydrogen-bond acceptors (Lipinski definition) is 4. The highest BCUT2D eigenvalue weighted by Gasteiger charge is 2.25. The number of hydrogen-bond donors (Lipinski definition) is 1. The molecule has 3 heterocycles. The van der Waals surface area contributed by atoms with Crippen LogP contribution < -0.4 is 5.32 Å². The van der Waals surface area contributed by atoms with Gasteiger partial charge < -0.3 is 14.7 Å². The Bertz CT molecular complexity index is 657. The third-order valence-electron chi connectivity index (χ3n) is 5.39. The molecule has 0 spiro atoms. The largest absolute Gasteiger partial charge is 0.356 e. The van der Waals surface area contributed by atoms with Crippen LogP contribution in [0.15, 0.2) is 22.7 Å². The van der Waals surface area contributed by atoms with E-state index in [4.69, 9.17) is 4.52 Å². The van der Waals surface area contributed by atoms with Gasteiger partial charge in [0, 0.05) is 17.3 Å². The number of rotatable bonds is 4. The Morgan fingerprint density at radius 2 is 2.13 bits per heavy atom. The third kappa shape index (κ3) is 3.26. The molecule has 0 unspecified atom stereocenters. The first-order valence-electron chi connectivity index (χ1n) is 8.80. The van der Waals surface area contributed by atoms with Gasteiger partial charge in [-0.15, -0.1) is 0 Å². The van der Waals surface area contributed by atoms with Crippen LogP contribution in [0.1, 0.15) is 43.7 Å². The van der Waals surface area contributed by atoms with Gasteiger partial charge in [-0.3, -0.25) is 0 Å². The molecule has 2 saturated heterocycles. The van der Waals surface area contributed by atoms with Crippen LogP contribution in [0, 0.1) is 5.82 Å². The number of aromatic nitrogens is 1. The minimum Gasteiger partial charge on any atom is -0.356 e. The number of nitrogens with one attached hydrogen (secondary N) is 1. The average molecular weight is 317 g/mol. The highest BCUT2D eigenvalue weighted by atomic mass is 19.1. The van der Waals surface area contributed by atoms with Crippen LogP contribution >= 0.6 is 0 Å². The number of nitrogens with zero attached hydrogens (tertiary/aromatic N) is 2. The molecular formula is C18H24FN3O. The van der Waals surface area contributed by atoms with Crippen molar-refractivity contribution in [2.45, 2.75) is 44.1 Å². The number of halogens is 1. The molecule has 2 aromatic rings. The molecule has 0 aliphatic carbocycles. The zero-order chi connectivity index (χ0) is 15.6. The van der Waals surface area contributed by atoms with Crippen LogP contribution in [0.25, 0.3) is 11.0 Å². The summed E-state index contributed by atoms with van der Waals surface area (Å²) in [7, 11) is 0. The molecule has 23 heavy (non-hydrogen) atoms. The Hall–Kier alpha value is -1.46. The second-order valence-electron chi connectivity index (χ2n) is 6.91. The standard InChI is InChI=1S/C18H24FN3O/c19-14-3-4-17-16(12-14)18(21-23-17)13-5-9-22(10-6-13)11-7-15-2-1-8-20-15/h3-4,12-13,15,20H,1-2,5-11H2/t15-/m0/s1. The molecule has 124 valence electrons. The van der Waals surface area contributed by atoms with Crippen LogP contribution in [0.2, 0.25) is 0 Å². The fraction of sp³-hybridized carbons (Fsp3) is 0.611. The van der Waals surface area contributed by atoms with E-state index in [9.17, 15) is 4.39 Å². The maximum absolute atomic E-state index is 13.5. The van der Waals surface area contributed by atoms with E-state index in [1.807, 2.05) is 0 Å². The van der Waals surface area contributed by atoms with E-state index in [-0.39, 0.29) is 5.82 Å². The Balaban J connectivity index is 1.36. The molecule has 5 heteroatoms. The average Bonchev–Trinajstić information content (AvgIpc) is 3.22. The lowest BCUT2D eigenvalue weighted by Crippen LogP contribution is -2.36. The van der Waals surface area contributed by atoms with E-state index in [0.717, 1.165) is 43.1 Å². The molecule has 0 bridgehead atoms. The first-order valence-corrected chi connectivity index (χ1v) is 8.80. The molecule has 0 radical (unpaired) electrons. The van der Waals surface area contributed by atoms with Crippen LogP contribution in [0.3, 0.4) is 0 Å². The second-order valence-corrected chi connectivity index (χ2v) is 6.91. The number of fused-ring (bicyclic) bond motifs is 1. The summed E-state index contributed by atoms with van der Waals surface area (Å²) in [6.45, 7) is 4.56. The lowest BCUT2D eigenvalue weighted by atomic mass is 9.91. The summed E-state index contributed by atoms with van der Waals surface area (Å²) in [5, 5.41) is 8.64. The molecule has 1 atom stereocenters. The normalized spacial score (nSPS) is 23.8. The van der Waals surface area contributed by atoms with Crippen molar-refractivity contribution >= 4 is 11.0 Å². The summed E-state index contributed by atoms with van der Waals surface area (Å²) in [5.41, 5.74) is 1.63. The van der Waals surface area contributed by atoms with E-state index >= 15 is 0 Å². The van der Waals surface area contributed by atoms with Gasteiger partial charge in [0.1, 0.15) is 5.82 Å². The van der Waals surface area contributed by atoms with Crippen molar-refractivity contribution in [3.8, 4) is 0 Å². The van der Waals surface area contributed by atoms with Gasteiger partial charge in [-0.1, -0.05) is 5.16 Å². The Morgan fingerprint density at radius 1 is 1.26 bits per heavy atom. The van der Waals surface area contributed by atoms with Gasteiger partial charge >= 0.3 is 0 Å². The van der Waals surface area contributed by atoms with E-state index in [1.165, 1.54) is 38.4 Å². The monoisotopic (exact) mass is 317 g/mol. The van der Waals surface area contributed by atoms with E-state index < -0.39 is 0 Å². The maximum atomic E-state index is 13.5.